The van der Waals surface area contributed by atoms with E-state index in [9.17, 15) is 0 Å². The van der Waals surface area contributed by atoms with Gasteiger partial charge in [0.2, 0.25) is 0 Å². The molecule has 2 rings (SSSR count). The van der Waals surface area contributed by atoms with Gasteiger partial charge in [-0.05, 0) is 55.7 Å². The summed E-state index contributed by atoms with van der Waals surface area (Å²) >= 11 is 0. The van der Waals surface area contributed by atoms with Gasteiger partial charge in [-0.2, -0.15) is 0 Å². The van der Waals surface area contributed by atoms with Crippen LogP contribution < -0.4 is 5.32 Å². The molecule has 0 saturated heterocycles. The minimum atomic E-state index is 0.461. The topological polar surface area (TPSA) is 12.0 Å². The molecule has 1 aromatic carbocycles. The van der Waals surface area contributed by atoms with Gasteiger partial charge in [0.1, 0.15) is 0 Å². The van der Waals surface area contributed by atoms with Gasteiger partial charge in [-0.3, -0.25) is 0 Å². The molecule has 0 heterocycles. The van der Waals surface area contributed by atoms with Crippen molar-refractivity contribution >= 4 is 0 Å². The third-order valence-electron chi connectivity index (χ3n) is 4.94. The summed E-state index contributed by atoms with van der Waals surface area (Å²) in [7, 11) is 0. The Hall–Kier alpha value is -0.820. The summed E-state index contributed by atoms with van der Waals surface area (Å²) in [6.07, 6.45) is 4.10. The van der Waals surface area contributed by atoms with E-state index in [1.54, 1.807) is 0 Å². The lowest BCUT2D eigenvalue weighted by atomic mass is 9.74. The summed E-state index contributed by atoms with van der Waals surface area (Å²) < 4.78 is 0. The van der Waals surface area contributed by atoms with Crippen molar-refractivity contribution in [3.8, 4) is 0 Å². The van der Waals surface area contributed by atoms with Crippen molar-refractivity contribution in [2.75, 3.05) is 6.54 Å². The predicted octanol–water partition coefficient (Wildman–Crippen LogP) is 4.78. The second-order valence-corrected chi connectivity index (χ2v) is 6.88. The summed E-state index contributed by atoms with van der Waals surface area (Å²) in [6.45, 7) is 12.6. The fourth-order valence-corrected chi connectivity index (χ4v) is 3.76. The van der Waals surface area contributed by atoms with Crippen LogP contribution in [0.15, 0.2) is 18.2 Å². The molecule has 2 atom stereocenters. The number of benzene rings is 1. The molecule has 0 spiro atoms. The Bertz CT molecular complexity index is 433. The van der Waals surface area contributed by atoms with Crippen molar-refractivity contribution in [1.82, 2.24) is 5.32 Å². The molecule has 1 aliphatic rings. The Kier molecular flexibility index (Phi) is 4.35. The Balaban J connectivity index is 2.37. The molecule has 1 fully saturated rings. The van der Waals surface area contributed by atoms with E-state index in [0.29, 0.717) is 11.5 Å². The van der Waals surface area contributed by atoms with Crippen LogP contribution in [-0.4, -0.2) is 6.54 Å². The van der Waals surface area contributed by atoms with Gasteiger partial charge in [0.25, 0.3) is 0 Å². The highest BCUT2D eigenvalue weighted by Crippen LogP contribution is 2.49. The summed E-state index contributed by atoms with van der Waals surface area (Å²) in [6, 6.07) is 7.40. The lowest BCUT2D eigenvalue weighted by Crippen LogP contribution is -2.34. The Morgan fingerprint density at radius 1 is 1.32 bits per heavy atom. The van der Waals surface area contributed by atoms with Crippen LogP contribution in [0.3, 0.4) is 0 Å². The fourth-order valence-electron chi connectivity index (χ4n) is 3.76. The highest BCUT2D eigenvalue weighted by molar-refractivity contribution is 5.34. The minimum Gasteiger partial charge on any atom is -0.310 e. The Morgan fingerprint density at radius 2 is 2.05 bits per heavy atom. The highest BCUT2D eigenvalue weighted by atomic mass is 14.9. The molecule has 0 aromatic heterocycles. The first kappa shape index (κ1) is 14.6. The normalized spacial score (nSPS) is 23.5. The van der Waals surface area contributed by atoms with Crippen molar-refractivity contribution in [1.29, 1.82) is 0 Å². The average Bonchev–Trinajstić information content (AvgIpc) is 2.69. The molecule has 0 bridgehead atoms. The van der Waals surface area contributed by atoms with Gasteiger partial charge in [0.15, 0.2) is 0 Å². The van der Waals surface area contributed by atoms with E-state index in [4.69, 9.17) is 0 Å². The predicted molar refractivity (Wildman–Crippen MR) is 83.5 cm³/mol. The molecule has 1 N–H and O–H groups in total. The second kappa shape index (κ2) is 5.66. The summed E-state index contributed by atoms with van der Waals surface area (Å²) in [4.78, 5) is 0. The molecular weight excluding hydrogens is 230 g/mol. The minimum absolute atomic E-state index is 0.461. The van der Waals surface area contributed by atoms with Crippen molar-refractivity contribution < 1.29 is 0 Å². The molecule has 1 nitrogen and oxygen atoms in total. The standard InChI is InChI=1S/C18H29N/c1-6-19-17(16-8-7-11-18(16,4)5)15-12-13(2)9-10-14(15)3/h9-10,12,16-17,19H,6-8,11H2,1-5H3. The van der Waals surface area contributed by atoms with E-state index in [1.807, 2.05) is 0 Å². The third-order valence-corrected chi connectivity index (χ3v) is 4.94. The smallest absolute Gasteiger partial charge is 0.0356 e. The highest BCUT2D eigenvalue weighted by Gasteiger charge is 2.40. The van der Waals surface area contributed by atoms with Gasteiger partial charge < -0.3 is 5.32 Å². The van der Waals surface area contributed by atoms with Gasteiger partial charge >= 0.3 is 0 Å². The number of nitrogens with one attached hydrogen (secondary N) is 1. The number of hydrogen-bond donors (Lipinski definition) is 1. The summed E-state index contributed by atoms with van der Waals surface area (Å²) in [5.74, 6) is 0.757. The van der Waals surface area contributed by atoms with Crippen molar-refractivity contribution in [2.45, 2.75) is 59.9 Å². The fraction of sp³-hybridized carbons (Fsp3) is 0.667. The maximum Gasteiger partial charge on any atom is 0.0356 e. The van der Waals surface area contributed by atoms with Crippen molar-refractivity contribution in [2.24, 2.45) is 11.3 Å². The maximum atomic E-state index is 3.76. The number of aryl methyl sites for hydroxylation is 2. The van der Waals surface area contributed by atoms with Crippen LogP contribution in [0.25, 0.3) is 0 Å². The van der Waals surface area contributed by atoms with Gasteiger partial charge in [-0.1, -0.05) is 51.0 Å². The van der Waals surface area contributed by atoms with Gasteiger partial charge in [0, 0.05) is 6.04 Å². The molecule has 0 aliphatic heterocycles. The van der Waals surface area contributed by atoms with Crippen LogP contribution in [0.1, 0.15) is 62.8 Å². The first-order valence-corrected chi connectivity index (χ1v) is 7.76. The van der Waals surface area contributed by atoms with E-state index in [1.165, 1.54) is 36.0 Å². The van der Waals surface area contributed by atoms with E-state index < -0.39 is 0 Å². The van der Waals surface area contributed by atoms with Crippen LogP contribution in [0.5, 0.6) is 0 Å². The van der Waals surface area contributed by atoms with Crippen LogP contribution in [-0.2, 0) is 0 Å². The Morgan fingerprint density at radius 3 is 2.63 bits per heavy atom. The van der Waals surface area contributed by atoms with Crippen LogP contribution in [0.4, 0.5) is 0 Å². The van der Waals surface area contributed by atoms with E-state index in [-0.39, 0.29) is 0 Å². The maximum absolute atomic E-state index is 3.76. The average molecular weight is 259 g/mol. The molecule has 1 heteroatoms. The molecule has 0 radical (unpaired) electrons. The molecular formula is C18H29N. The molecule has 0 amide bonds. The number of rotatable bonds is 4. The molecule has 1 aliphatic carbocycles. The summed E-state index contributed by atoms with van der Waals surface area (Å²) in [5, 5.41) is 3.76. The van der Waals surface area contributed by atoms with E-state index in [0.717, 1.165) is 12.5 Å². The van der Waals surface area contributed by atoms with Crippen molar-refractivity contribution in [3.05, 3.63) is 34.9 Å². The van der Waals surface area contributed by atoms with Crippen LogP contribution >= 0.6 is 0 Å². The molecule has 19 heavy (non-hydrogen) atoms. The Labute approximate surface area is 118 Å². The molecule has 106 valence electrons. The van der Waals surface area contributed by atoms with Gasteiger partial charge in [-0.25, -0.2) is 0 Å². The SMILES string of the molecule is CCNC(c1cc(C)ccc1C)C1CCCC1(C)C. The third kappa shape index (κ3) is 3.02. The second-order valence-electron chi connectivity index (χ2n) is 6.88. The van der Waals surface area contributed by atoms with Crippen LogP contribution in [0, 0.1) is 25.2 Å². The van der Waals surface area contributed by atoms with Crippen molar-refractivity contribution in [3.63, 3.8) is 0 Å². The van der Waals surface area contributed by atoms with Gasteiger partial charge in [0.05, 0.1) is 0 Å². The summed E-state index contributed by atoms with van der Waals surface area (Å²) in [5.41, 5.74) is 4.78. The largest absolute Gasteiger partial charge is 0.310 e. The number of hydrogen-bond acceptors (Lipinski definition) is 1. The lowest BCUT2D eigenvalue weighted by Gasteiger charge is -2.36. The van der Waals surface area contributed by atoms with Crippen LogP contribution in [0.2, 0.25) is 0 Å². The molecule has 2 unspecified atom stereocenters. The molecule has 1 saturated carbocycles. The van der Waals surface area contributed by atoms with E-state index in [2.05, 4.69) is 58.1 Å². The lowest BCUT2D eigenvalue weighted by molar-refractivity contribution is 0.199. The first-order valence-electron chi connectivity index (χ1n) is 7.76. The zero-order valence-electron chi connectivity index (χ0n) is 13.2. The monoisotopic (exact) mass is 259 g/mol. The first-order chi connectivity index (χ1) is 8.95. The quantitative estimate of drug-likeness (QED) is 0.820. The zero-order valence-corrected chi connectivity index (χ0v) is 13.2. The zero-order chi connectivity index (χ0) is 14.0. The van der Waals surface area contributed by atoms with E-state index >= 15 is 0 Å². The molecule has 1 aromatic rings. The van der Waals surface area contributed by atoms with Gasteiger partial charge in [-0.15, -0.1) is 0 Å².